The van der Waals surface area contributed by atoms with Gasteiger partial charge in [-0.2, -0.15) is 0 Å². The summed E-state index contributed by atoms with van der Waals surface area (Å²) in [6.45, 7) is 12.4. The van der Waals surface area contributed by atoms with Gasteiger partial charge in [0.15, 0.2) is 0 Å². The van der Waals surface area contributed by atoms with Crippen LogP contribution in [-0.2, 0) is 11.2 Å². The fraction of sp³-hybridized carbons (Fsp3) is 0.682. The van der Waals surface area contributed by atoms with E-state index in [1.807, 2.05) is 6.92 Å². The van der Waals surface area contributed by atoms with Gasteiger partial charge < -0.3 is 10.1 Å². The lowest BCUT2D eigenvalue weighted by Gasteiger charge is -2.29. The SMILES string of the molecule is [2H]C([2H])(CC)C(=O)NC(C)C(C)[C@@H]1CCc2cc(C)c3c(c21)C(C)C(C)O3. The Morgan fingerprint density at radius 1 is 1.40 bits per heavy atom. The number of hydrogen-bond donors (Lipinski definition) is 1. The lowest BCUT2D eigenvalue weighted by molar-refractivity contribution is -0.122. The van der Waals surface area contributed by atoms with Crippen LogP contribution in [0.3, 0.4) is 0 Å². The minimum absolute atomic E-state index is 0.0814. The molecule has 0 aromatic heterocycles. The zero-order valence-electron chi connectivity index (χ0n) is 18.4. The van der Waals surface area contributed by atoms with Gasteiger partial charge in [-0.15, -0.1) is 0 Å². The quantitative estimate of drug-likeness (QED) is 0.828. The minimum Gasteiger partial charge on any atom is -0.490 e. The van der Waals surface area contributed by atoms with Crippen LogP contribution in [0, 0.1) is 12.8 Å². The highest BCUT2D eigenvalue weighted by atomic mass is 16.5. The Kier molecular flexibility index (Phi) is 4.41. The van der Waals surface area contributed by atoms with Crippen LogP contribution in [0.25, 0.3) is 0 Å². The van der Waals surface area contributed by atoms with E-state index in [4.69, 9.17) is 7.48 Å². The maximum absolute atomic E-state index is 12.3. The van der Waals surface area contributed by atoms with Crippen molar-refractivity contribution in [2.75, 3.05) is 0 Å². The molecule has 3 nitrogen and oxygen atoms in total. The Hall–Kier alpha value is -1.51. The summed E-state index contributed by atoms with van der Waals surface area (Å²) in [6.07, 6.45) is 0.712. The van der Waals surface area contributed by atoms with Gasteiger partial charge in [0, 0.05) is 26.6 Å². The molecule has 0 bridgehead atoms. The van der Waals surface area contributed by atoms with Crippen LogP contribution in [0.5, 0.6) is 5.75 Å². The van der Waals surface area contributed by atoms with Crippen molar-refractivity contribution in [3.8, 4) is 5.75 Å². The van der Waals surface area contributed by atoms with Crippen LogP contribution < -0.4 is 10.1 Å². The minimum atomic E-state index is -1.81. The highest BCUT2D eigenvalue weighted by molar-refractivity contribution is 5.76. The molecular formula is C22H33NO2. The predicted octanol–water partition coefficient (Wildman–Crippen LogP) is 4.85. The molecule has 3 heteroatoms. The standard InChI is InChI=1S/C22H33NO2/c1-7-8-19(24)23-15(5)13(3)18-10-9-17-11-12(2)22-20(21(17)18)14(4)16(6)25-22/h11,13-16,18H,7-10H2,1-6H3,(H,23,24)/t13?,14?,15?,16?,18-/m0/s1/i8D2. The van der Waals surface area contributed by atoms with Crippen molar-refractivity contribution in [3.63, 3.8) is 0 Å². The molecule has 0 fully saturated rings. The summed E-state index contributed by atoms with van der Waals surface area (Å²) in [5.41, 5.74) is 5.45. The van der Waals surface area contributed by atoms with Gasteiger partial charge >= 0.3 is 0 Å². The second-order valence-corrected chi connectivity index (χ2v) is 7.92. The van der Waals surface area contributed by atoms with Gasteiger partial charge in [-0.05, 0) is 68.6 Å². The first-order valence-corrected chi connectivity index (χ1v) is 9.72. The van der Waals surface area contributed by atoms with Crippen LogP contribution in [0.15, 0.2) is 6.07 Å². The monoisotopic (exact) mass is 345 g/mol. The average molecular weight is 346 g/mol. The summed E-state index contributed by atoms with van der Waals surface area (Å²) in [5, 5.41) is 2.93. The number of benzene rings is 1. The van der Waals surface area contributed by atoms with E-state index in [2.05, 4.69) is 39.1 Å². The largest absolute Gasteiger partial charge is 0.490 e. The molecule has 2 aliphatic rings. The summed E-state index contributed by atoms with van der Waals surface area (Å²) < 4.78 is 21.9. The molecule has 0 radical (unpaired) electrons. The second kappa shape index (κ2) is 7.01. The molecule has 1 aliphatic carbocycles. The lowest BCUT2D eigenvalue weighted by Crippen LogP contribution is -2.39. The van der Waals surface area contributed by atoms with Gasteiger partial charge in [0.1, 0.15) is 11.9 Å². The van der Waals surface area contributed by atoms with Crippen molar-refractivity contribution in [2.24, 2.45) is 5.92 Å². The fourth-order valence-corrected chi connectivity index (χ4v) is 4.57. The van der Waals surface area contributed by atoms with Crippen LogP contribution in [0.1, 0.15) is 90.7 Å². The highest BCUT2D eigenvalue weighted by Gasteiger charge is 2.39. The molecule has 0 spiro atoms. The maximum atomic E-state index is 12.3. The van der Waals surface area contributed by atoms with E-state index >= 15 is 0 Å². The molecule has 3 rings (SSSR count). The molecule has 0 saturated carbocycles. The Morgan fingerprint density at radius 3 is 2.80 bits per heavy atom. The average Bonchev–Trinajstić information content (AvgIpc) is 3.16. The van der Waals surface area contributed by atoms with Crippen molar-refractivity contribution in [3.05, 3.63) is 28.3 Å². The van der Waals surface area contributed by atoms with Crippen molar-refractivity contribution in [1.29, 1.82) is 0 Å². The van der Waals surface area contributed by atoms with Gasteiger partial charge in [0.2, 0.25) is 5.91 Å². The molecule has 1 aromatic rings. The smallest absolute Gasteiger partial charge is 0.220 e. The molecule has 1 aromatic carbocycles. The number of fused-ring (bicyclic) bond motifs is 3. The Labute approximate surface area is 155 Å². The first-order chi connectivity index (χ1) is 12.6. The van der Waals surface area contributed by atoms with Gasteiger partial charge in [-0.1, -0.05) is 26.8 Å². The fourth-order valence-electron chi connectivity index (χ4n) is 4.57. The predicted molar refractivity (Wildman–Crippen MR) is 102 cm³/mol. The van der Waals surface area contributed by atoms with Crippen molar-refractivity contribution >= 4 is 5.91 Å². The van der Waals surface area contributed by atoms with Crippen molar-refractivity contribution in [1.82, 2.24) is 5.32 Å². The first kappa shape index (κ1) is 15.7. The third-order valence-corrected chi connectivity index (χ3v) is 6.31. The number of rotatable bonds is 5. The molecule has 1 N–H and O–H groups in total. The van der Waals surface area contributed by atoms with Crippen LogP contribution in [0.2, 0.25) is 0 Å². The number of amides is 1. The second-order valence-electron chi connectivity index (χ2n) is 7.92. The van der Waals surface area contributed by atoms with E-state index in [1.165, 1.54) is 22.3 Å². The number of carbonyl (C=O) groups is 1. The van der Waals surface area contributed by atoms with E-state index in [0.29, 0.717) is 11.8 Å². The summed E-state index contributed by atoms with van der Waals surface area (Å²) >= 11 is 0. The Morgan fingerprint density at radius 2 is 2.12 bits per heavy atom. The molecule has 0 saturated heterocycles. The number of hydrogen-bond acceptors (Lipinski definition) is 2. The van der Waals surface area contributed by atoms with Crippen LogP contribution >= 0.6 is 0 Å². The highest BCUT2D eigenvalue weighted by Crippen LogP contribution is 2.51. The Balaban J connectivity index is 1.88. The molecule has 5 atom stereocenters. The molecule has 25 heavy (non-hydrogen) atoms. The van der Waals surface area contributed by atoms with Crippen LogP contribution in [-0.4, -0.2) is 18.1 Å². The zero-order chi connectivity index (χ0) is 20.1. The van der Waals surface area contributed by atoms with E-state index in [9.17, 15) is 4.79 Å². The number of nitrogens with one attached hydrogen (secondary N) is 1. The third kappa shape index (κ3) is 3.18. The van der Waals surface area contributed by atoms with Gasteiger partial charge in [-0.3, -0.25) is 4.79 Å². The summed E-state index contributed by atoms with van der Waals surface area (Å²) in [7, 11) is 0. The number of aryl methyl sites for hydroxylation is 2. The summed E-state index contributed by atoms with van der Waals surface area (Å²) in [4.78, 5) is 12.3. The Bertz CT molecular complexity index is 746. The van der Waals surface area contributed by atoms with Crippen molar-refractivity contribution < 1.29 is 12.3 Å². The summed E-state index contributed by atoms with van der Waals surface area (Å²) in [6, 6.07) is 2.20. The summed E-state index contributed by atoms with van der Waals surface area (Å²) in [5.74, 6) is 1.54. The molecule has 1 aliphatic heterocycles. The molecule has 1 heterocycles. The maximum Gasteiger partial charge on any atom is 0.220 e. The van der Waals surface area contributed by atoms with Gasteiger partial charge in [0.25, 0.3) is 0 Å². The zero-order valence-corrected chi connectivity index (χ0v) is 16.4. The molecule has 138 valence electrons. The number of carbonyl (C=O) groups excluding carboxylic acids is 1. The topological polar surface area (TPSA) is 38.3 Å². The third-order valence-electron chi connectivity index (χ3n) is 6.31. The first-order valence-electron chi connectivity index (χ1n) is 10.7. The molecular weight excluding hydrogens is 310 g/mol. The lowest BCUT2D eigenvalue weighted by atomic mass is 9.79. The van der Waals surface area contributed by atoms with E-state index in [0.717, 1.165) is 18.6 Å². The van der Waals surface area contributed by atoms with Crippen LogP contribution in [0.4, 0.5) is 0 Å². The molecule has 4 unspecified atom stereocenters. The van der Waals surface area contributed by atoms with E-state index in [-0.39, 0.29) is 24.5 Å². The van der Waals surface area contributed by atoms with Gasteiger partial charge in [0.05, 0.1) is 0 Å². The van der Waals surface area contributed by atoms with E-state index < -0.39 is 12.3 Å². The molecule has 1 amide bonds. The number of ether oxygens (including phenoxy) is 1. The normalized spacial score (nSPS) is 28.3. The van der Waals surface area contributed by atoms with Crippen molar-refractivity contribution in [2.45, 2.75) is 91.2 Å². The van der Waals surface area contributed by atoms with E-state index in [1.54, 1.807) is 6.92 Å². The van der Waals surface area contributed by atoms with Gasteiger partial charge in [-0.25, -0.2) is 0 Å².